The van der Waals surface area contributed by atoms with Crippen LogP contribution in [0.2, 0.25) is 0 Å². The summed E-state index contributed by atoms with van der Waals surface area (Å²) < 4.78 is 0. The van der Waals surface area contributed by atoms with E-state index in [-0.39, 0.29) is 0 Å². The number of hydrogen-bond acceptors (Lipinski definition) is 3. The lowest BCUT2D eigenvalue weighted by Crippen LogP contribution is -2.04. The van der Waals surface area contributed by atoms with Crippen molar-refractivity contribution in [1.82, 2.24) is 9.97 Å². The molecule has 1 aromatic heterocycles. The molecule has 3 aromatic rings. The van der Waals surface area contributed by atoms with E-state index >= 15 is 0 Å². The molecule has 1 heterocycles. The second-order valence-corrected chi connectivity index (χ2v) is 7.33. The first-order chi connectivity index (χ1) is 14.3. The molecule has 0 unspecified atom stereocenters. The molecule has 0 aliphatic heterocycles. The highest BCUT2D eigenvalue weighted by Gasteiger charge is 2.12. The van der Waals surface area contributed by atoms with Crippen LogP contribution in [0.1, 0.15) is 70.0 Å². The third kappa shape index (κ3) is 7.14. The SMILES string of the molecule is C/C(N)=C(/C)c1c(C)nc(-c2ccccc2)nc1C.CC.CC(C)c1ccccc1. The Kier molecular flexibility index (Phi) is 10.5. The fraction of sp³-hybridized carbons (Fsp3) is 0.333. The topological polar surface area (TPSA) is 51.8 Å². The Labute approximate surface area is 183 Å². The summed E-state index contributed by atoms with van der Waals surface area (Å²) >= 11 is 0. The smallest absolute Gasteiger partial charge is 0.159 e. The number of nitrogens with two attached hydrogens (primary N) is 1. The van der Waals surface area contributed by atoms with Gasteiger partial charge in [0.1, 0.15) is 0 Å². The van der Waals surface area contributed by atoms with Gasteiger partial charge >= 0.3 is 0 Å². The van der Waals surface area contributed by atoms with Gasteiger partial charge in [-0.2, -0.15) is 0 Å². The van der Waals surface area contributed by atoms with Crippen LogP contribution >= 0.6 is 0 Å². The number of aryl methyl sites for hydroxylation is 2. The Bertz CT molecular complexity index is 900. The monoisotopic (exact) mass is 403 g/mol. The van der Waals surface area contributed by atoms with Gasteiger partial charge in [-0.25, -0.2) is 9.97 Å². The molecule has 0 aliphatic carbocycles. The van der Waals surface area contributed by atoms with Crippen molar-refractivity contribution in [2.24, 2.45) is 5.73 Å². The fourth-order valence-corrected chi connectivity index (χ4v) is 3.01. The van der Waals surface area contributed by atoms with E-state index in [1.807, 2.05) is 77.9 Å². The summed E-state index contributed by atoms with van der Waals surface area (Å²) in [7, 11) is 0. The third-order valence-electron chi connectivity index (χ3n) is 4.74. The molecular formula is C27H37N3. The first-order valence-electron chi connectivity index (χ1n) is 10.7. The minimum absolute atomic E-state index is 0.659. The van der Waals surface area contributed by atoms with Crippen LogP contribution in [0, 0.1) is 13.8 Å². The van der Waals surface area contributed by atoms with Crippen molar-refractivity contribution in [1.29, 1.82) is 0 Å². The summed E-state index contributed by atoms with van der Waals surface area (Å²) in [6.07, 6.45) is 0. The second kappa shape index (κ2) is 12.6. The van der Waals surface area contributed by atoms with Gasteiger partial charge in [-0.05, 0) is 44.7 Å². The maximum absolute atomic E-state index is 5.88. The highest BCUT2D eigenvalue weighted by atomic mass is 14.9. The van der Waals surface area contributed by atoms with E-state index in [0.717, 1.165) is 39.6 Å². The number of nitrogens with zero attached hydrogens (tertiary/aromatic N) is 2. The first-order valence-corrected chi connectivity index (χ1v) is 10.7. The predicted molar refractivity (Wildman–Crippen MR) is 131 cm³/mol. The van der Waals surface area contributed by atoms with E-state index < -0.39 is 0 Å². The van der Waals surface area contributed by atoms with Crippen LogP contribution in [0.4, 0.5) is 0 Å². The number of benzene rings is 2. The normalized spacial score (nSPS) is 11.0. The summed E-state index contributed by atoms with van der Waals surface area (Å²) in [6.45, 7) is 16.3. The van der Waals surface area contributed by atoms with Crippen molar-refractivity contribution in [3.63, 3.8) is 0 Å². The number of rotatable bonds is 3. The van der Waals surface area contributed by atoms with Crippen molar-refractivity contribution in [2.45, 2.75) is 61.3 Å². The quantitative estimate of drug-likeness (QED) is 0.499. The molecular weight excluding hydrogens is 366 g/mol. The average molecular weight is 404 g/mol. The second-order valence-electron chi connectivity index (χ2n) is 7.33. The molecule has 3 rings (SSSR count). The molecule has 2 N–H and O–H groups in total. The molecule has 0 saturated heterocycles. The van der Waals surface area contributed by atoms with Crippen LogP contribution in [0.25, 0.3) is 17.0 Å². The van der Waals surface area contributed by atoms with Gasteiger partial charge in [-0.15, -0.1) is 0 Å². The summed E-state index contributed by atoms with van der Waals surface area (Å²) in [4.78, 5) is 9.21. The third-order valence-corrected chi connectivity index (χ3v) is 4.74. The van der Waals surface area contributed by atoms with Gasteiger partial charge in [-0.1, -0.05) is 88.4 Å². The zero-order chi connectivity index (χ0) is 22.7. The molecule has 0 fully saturated rings. The Morgan fingerprint density at radius 2 is 1.20 bits per heavy atom. The van der Waals surface area contributed by atoms with E-state index in [9.17, 15) is 0 Å². The fourth-order valence-electron chi connectivity index (χ4n) is 3.01. The maximum atomic E-state index is 5.88. The molecule has 160 valence electrons. The molecule has 2 aromatic carbocycles. The molecule has 0 aliphatic rings. The minimum Gasteiger partial charge on any atom is -0.402 e. The van der Waals surface area contributed by atoms with Crippen molar-refractivity contribution in [3.8, 4) is 11.4 Å². The van der Waals surface area contributed by atoms with Gasteiger partial charge < -0.3 is 5.73 Å². The Morgan fingerprint density at radius 3 is 1.57 bits per heavy atom. The summed E-state index contributed by atoms with van der Waals surface area (Å²) in [6, 6.07) is 20.5. The molecule has 3 nitrogen and oxygen atoms in total. The van der Waals surface area contributed by atoms with Gasteiger partial charge in [0, 0.05) is 28.2 Å². The molecule has 0 atom stereocenters. The Morgan fingerprint density at radius 1 is 0.767 bits per heavy atom. The highest BCUT2D eigenvalue weighted by molar-refractivity contribution is 5.70. The zero-order valence-corrected chi connectivity index (χ0v) is 19.8. The van der Waals surface area contributed by atoms with Gasteiger partial charge in [0.2, 0.25) is 0 Å². The molecule has 0 spiro atoms. The van der Waals surface area contributed by atoms with Crippen molar-refractivity contribution >= 4 is 5.57 Å². The standard InChI is InChI=1S/C16H19N3.C9H12.C2H6/c1-10(11(2)17)15-12(3)18-16(19-13(15)4)14-8-6-5-7-9-14;1-8(2)9-6-4-3-5-7-9;1-2/h5-9H,17H2,1-4H3;3-8H,1-2H3;1-2H3/b11-10+;;. The minimum atomic E-state index is 0.659. The Hall–Kier alpha value is -2.94. The van der Waals surface area contributed by atoms with Gasteiger partial charge in [0.15, 0.2) is 5.82 Å². The highest BCUT2D eigenvalue weighted by Crippen LogP contribution is 2.24. The van der Waals surface area contributed by atoms with Crippen LogP contribution in [0.3, 0.4) is 0 Å². The summed E-state index contributed by atoms with van der Waals surface area (Å²) in [5.41, 5.74) is 13.2. The predicted octanol–water partition coefficient (Wildman–Crippen LogP) is 7.31. The largest absolute Gasteiger partial charge is 0.402 e. The molecule has 3 heteroatoms. The molecule has 30 heavy (non-hydrogen) atoms. The first kappa shape index (κ1) is 25.1. The number of allylic oxidation sites excluding steroid dienone is 2. The van der Waals surface area contributed by atoms with E-state index in [1.165, 1.54) is 5.56 Å². The van der Waals surface area contributed by atoms with Crippen LogP contribution in [-0.2, 0) is 0 Å². The lowest BCUT2D eigenvalue weighted by molar-refractivity contribution is 0.867. The van der Waals surface area contributed by atoms with Crippen LogP contribution in [-0.4, -0.2) is 9.97 Å². The van der Waals surface area contributed by atoms with Crippen LogP contribution in [0.15, 0.2) is 66.4 Å². The number of aromatic nitrogens is 2. The number of hydrogen-bond donors (Lipinski definition) is 1. The molecule has 0 amide bonds. The van der Waals surface area contributed by atoms with Crippen LogP contribution in [0.5, 0.6) is 0 Å². The molecule has 0 radical (unpaired) electrons. The Balaban J connectivity index is 0.000000342. The maximum Gasteiger partial charge on any atom is 0.159 e. The van der Waals surface area contributed by atoms with Crippen LogP contribution < -0.4 is 5.73 Å². The zero-order valence-electron chi connectivity index (χ0n) is 19.8. The van der Waals surface area contributed by atoms with Gasteiger partial charge in [0.05, 0.1) is 0 Å². The van der Waals surface area contributed by atoms with Crippen molar-refractivity contribution in [3.05, 3.63) is 88.9 Å². The molecule has 0 saturated carbocycles. The molecule has 0 bridgehead atoms. The van der Waals surface area contributed by atoms with Crippen molar-refractivity contribution in [2.75, 3.05) is 0 Å². The lowest BCUT2D eigenvalue weighted by Gasteiger charge is -2.12. The summed E-state index contributed by atoms with van der Waals surface area (Å²) in [5.74, 6) is 1.42. The van der Waals surface area contributed by atoms with E-state index in [1.54, 1.807) is 0 Å². The van der Waals surface area contributed by atoms with E-state index in [4.69, 9.17) is 5.73 Å². The van der Waals surface area contributed by atoms with Gasteiger partial charge in [-0.3, -0.25) is 0 Å². The van der Waals surface area contributed by atoms with Crippen molar-refractivity contribution < 1.29 is 0 Å². The van der Waals surface area contributed by atoms with E-state index in [2.05, 4.69) is 48.1 Å². The summed E-state index contributed by atoms with van der Waals surface area (Å²) in [5, 5.41) is 0. The average Bonchev–Trinajstić information content (AvgIpc) is 2.76. The van der Waals surface area contributed by atoms with Gasteiger partial charge in [0.25, 0.3) is 0 Å². The van der Waals surface area contributed by atoms with E-state index in [0.29, 0.717) is 5.92 Å². The lowest BCUT2D eigenvalue weighted by atomic mass is 10.0.